The zero-order chi connectivity index (χ0) is 10.3. The van der Waals surface area contributed by atoms with Crippen LogP contribution in [0.3, 0.4) is 0 Å². The number of hydrogen-bond acceptors (Lipinski definition) is 5. The molecule has 0 aromatic carbocycles. The Labute approximate surface area is 87.1 Å². The third-order valence-electron chi connectivity index (χ3n) is 2.31. The van der Waals surface area contributed by atoms with Crippen molar-refractivity contribution in [3.8, 4) is 5.88 Å². The molecule has 1 aliphatic carbocycles. The first-order valence-corrected chi connectivity index (χ1v) is 5.33. The monoisotopic (exact) mass is 214 g/mol. The lowest BCUT2D eigenvalue weighted by Crippen LogP contribution is -2.07. The Morgan fingerprint density at radius 3 is 2.57 bits per heavy atom. The highest BCUT2D eigenvalue weighted by Crippen LogP contribution is 2.52. The zero-order valence-electron chi connectivity index (χ0n) is 8.57. The maximum absolute atomic E-state index is 9.98. The van der Waals surface area contributed by atoms with E-state index in [0.29, 0.717) is 5.88 Å². The molecule has 4 nitrogen and oxygen atoms in total. The van der Waals surface area contributed by atoms with Crippen LogP contribution in [0.4, 0.5) is 5.13 Å². The number of thiazole rings is 1. The molecule has 0 aliphatic heterocycles. The summed E-state index contributed by atoms with van der Waals surface area (Å²) in [5, 5.41) is 10.9. The van der Waals surface area contributed by atoms with Crippen molar-refractivity contribution in [2.45, 2.75) is 18.4 Å². The summed E-state index contributed by atoms with van der Waals surface area (Å²) in [4.78, 5) is 7.08. The molecular weight excluding hydrogens is 200 g/mol. The number of hydrogen-bond donors (Lipinski definition) is 1. The van der Waals surface area contributed by atoms with Crippen molar-refractivity contribution >= 4 is 16.5 Å². The van der Waals surface area contributed by atoms with Crippen molar-refractivity contribution in [2.75, 3.05) is 26.1 Å². The number of methoxy groups -OCH3 is 1. The minimum Gasteiger partial charge on any atom is -0.480 e. The lowest BCUT2D eigenvalue weighted by atomic mass is 10.3. The van der Waals surface area contributed by atoms with Gasteiger partial charge in [0, 0.05) is 14.1 Å². The fourth-order valence-electron chi connectivity index (χ4n) is 1.26. The predicted octanol–water partition coefficient (Wildman–Crippen LogP) is 1.20. The van der Waals surface area contributed by atoms with E-state index in [2.05, 4.69) is 4.98 Å². The summed E-state index contributed by atoms with van der Waals surface area (Å²) in [6, 6.07) is 0. The van der Waals surface area contributed by atoms with Crippen LogP contribution in [0.1, 0.15) is 17.7 Å². The standard InChI is InChI=1S/C9H14N2O2S/c1-11(2)8-10-7(13-3)6(14-8)9(12)4-5-9/h12H,4-5H2,1-3H3. The summed E-state index contributed by atoms with van der Waals surface area (Å²) in [6.07, 6.45) is 1.64. The third kappa shape index (κ3) is 1.46. The number of aromatic nitrogens is 1. The highest BCUT2D eigenvalue weighted by molar-refractivity contribution is 7.16. The van der Waals surface area contributed by atoms with Gasteiger partial charge in [-0.3, -0.25) is 0 Å². The largest absolute Gasteiger partial charge is 0.480 e. The predicted molar refractivity (Wildman–Crippen MR) is 56.1 cm³/mol. The van der Waals surface area contributed by atoms with E-state index >= 15 is 0 Å². The molecule has 78 valence electrons. The molecule has 0 spiro atoms. The van der Waals surface area contributed by atoms with Gasteiger partial charge in [0.15, 0.2) is 5.13 Å². The number of ether oxygens (including phenoxy) is 1. The molecular formula is C9H14N2O2S. The summed E-state index contributed by atoms with van der Waals surface area (Å²) < 4.78 is 5.16. The number of anilines is 1. The molecule has 0 amide bonds. The number of nitrogens with zero attached hydrogens (tertiary/aromatic N) is 2. The van der Waals surface area contributed by atoms with E-state index in [1.54, 1.807) is 7.11 Å². The van der Waals surface area contributed by atoms with Crippen LogP contribution in [-0.4, -0.2) is 31.3 Å². The van der Waals surface area contributed by atoms with Gasteiger partial charge in [0.25, 0.3) is 0 Å². The molecule has 1 saturated carbocycles. The Balaban J connectivity index is 2.38. The van der Waals surface area contributed by atoms with E-state index in [1.165, 1.54) is 11.3 Å². The Morgan fingerprint density at radius 1 is 1.50 bits per heavy atom. The van der Waals surface area contributed by atoms with E-state index in [-0.39, 0.29) is 0 Å². The molecule has 1 aromatic rings. The summed E-state index contributed by atoms with van der Waals surface area (Å²) in [6.45, 7) is 0. The molecule has 1 fully saturated rings. The molecule has 0 unspecified atom stereocenters. The normalized spacial score (nSPS) is 18.0. The lowest BCUT2D eigenvalue weighted by molar-refractivity contribution is 0.151. The third-order valence-corrected chi connectivity index (χ3v) is 3.70. The van der Waals surface area contributed by atoms with Crippen LogP contribution in [0.5, 0.6) is 5.88 Å². The zero-order valence-corrected chi connectivity index (χ0v) is 9.39. The van der Waals surface area contributed by atoms with Crippen LogP contribution < -0.4 is 9.64 Å². The van der Waals surface area contributed by atoms with Crippen LogP contribution in [-0.2, 0) is 5.60 Å². The van der Waals surface area contributed by atoms with E-state index < -0.39 is 5.60 Å². The first-order valence-electron chi connectivity index (χ1n) is 4.52. The minimum absolute atomic E-state index is 0.568. The second kappa shape index (κ2) is 3.10. The van der Waals surface area contributed by atoms with Crippen molar-refractivity contribution in [2.24, 2.45) is 0 Å². The molecule has 0 saturated heterocycles. The van der Waals surface area contributed by atoms with Crippen molar-refractivity contribution in [3.05, 3.63) is 4.88 Å². The highest BCUT2D eigenvalue weighted by atomic mass is 32.1. The highest BCUT2D eigenvalue weighted by Gasteiger charge is 2.46. The maximum atomic E-state index is 9.98. The maximum Gasteiger partial charge on any atom is 0.232 e. The van der Waals surface area contributed by atoms with Crippen LogP contribution in [0, 0.1) is 0 Å². The van der Waals surface area contributed by atoms with Gasteiger partial charge < -0.3 is 14.7 Å². The van der Waals surface area contributed by atoms with E-state index in [0.717, 1.165) is 22.9 Å². The van der Waals surface area contributed by atoms with Gasteiger partial charge in [0.2, 0.25) is 5.88 Å². The van der Waals surface area contributed by atoms with Gasteiger partial charge in [0.1, 0.15) is 10.5 Å². The number of rotatable bonds is 3. The topological polar surface area (TPSA) is 45.6 Å². The van der Waals surface area contributed by atoms with Crippen LogP contribution >= 0.6 is 11.3 Å². The summed E-state index contributed by atoms with van der Waals surface area (Å²) in [5.41, 5.74) is -0.655. The lowest BCUT2D eigenvalue weighted by Gasteiger charge is -2.05. The molecule has 1 heterocycles. The first-order chi connectivity index (χ1) is 6.57. The minimum atomic E-state index is -0.655. The summed E-state index contributed by atoms with van der Waals surface area (Å²) in [5.74, 6) is 0.568. The van der Waals surface area contributed by atoms with Crippen LogP contribution in [0.25, 0.3) is 0 Å². The Bertz CT molecular complexity index is 345. The van der Waals surface area contributed by atoms with Gasteiger partial charge in [-0.1, -0.05) is 11.3 Å². The number of aliphatic hydroxyl groups is 1. The molecule has 5 heteroatoms. The molecule has 0 radical (unpaired) electrons. The molecule has 0 bridgehead atoms. The second-order valence-corrected chi connectivity index (χ2v) is 4.74. The molecule has 14 heavy (non-hydrogen) atoms. The average molecular weight is 214 g/mol. The van der Waals surface area contributed by atoms with Crippen molar-refractivity contribution in [3.63, 3.8) is 0 Å². The van der Waals surface area contributed by atoms with Crippen LogP contribution in [0.2, 0.25) is 0 Å². The van der Waals surface area contributed by atoms with Crippen molar-refractivity contribution in [1.82, 2.24) is 4.98 Å². The van der Waals surface area contributed by atoms with Crippen molar-refractivity contribution < 1.29 is 9.84 Å². The fourth-order valence-corrected chi connectivity index (χ4v) is 2.37. The van der Waals surface area contributed by atoms with E-state index in [4.69, 9.17) is 4.74 Å². The smallest absolute Gasteiger partial charge is 0.232 e. The molecule has 1 aliphatic rings. The Kier molecular flexibility index (Phi) is 2.16. The fraction of sp³-hybridized carbons (Fsp3) is 0.667. The quantitative estimate of drug-likeness (QED) is 0.821. The van der Waals surface area contributed by atoms with Crippen LogP contribution in [0.15, 0.2) is 0 Å². The Hall–Kier alpha value is -0.810. The molecule has 1 aromatic heterocycles. The Morgan fingerprint density at radius 2 is 2.14 bits per heavy atom. The summed E-state index contributed by atoms with van der Waals surface area (Å²) >= 11 is 1.50. The molecule has 0 atom stereocenters. The average Bonchev–Trinajstić information content (AvgIpc) is 2.74. The second-order valence-electron chi connectivity index (χ2n) is 3.76. The molecule has 2 rings (SSSR count). The SMILES string of the molecule is COc1nc(N(C)C)sc1C1(O)CC1. The van der Waals surface area contributed by atoms with Gasteiger partial charge in [-0.2, -0.15) is 4.98 Å². The van der Waals surface area contributed by atoms with Gasteiger partial charge >= 0.3 is 0 Å². The first kappa shape index (κ1) is 9.73. The summed E-state index contributed by atoms with van der Waals surface area (Å²) in [7, 11) is 5.45. The van der Waals surface area contributed by atoms with E-state index in [1.807, 2.05) is 19.0 Å². The van der Waals surface area contributed by atoms with Gasteiger partial charge in [-0.25, -0.2) is 0 Å². The van der Waals surface area contributed by atoms with E-state index in [9.17, 15) is 5.11 Å². The van der Waals surface area contributed by atoms with Gasteiger partial charge in [0.05, 0.1) is 7.11 Å². The van der Waals surface area contributed by atoms with Gasteiger partial charge in [-0.05, 0) is 12.8 Å². The van der Waals surface area contributed by atoms with Crippen molar-refractivity contribution in [1.29, 1.82) is 0 Å². The molecule has 1 N–H and O–H groups in total. The van der Waals surface area contributed by atoms with Gasteiger partial charge in [-0.15, -0.1) is 0 Å².